The zero-order valence-electron chi connectivity index (χ0n) is 5.08. The second kappa shape index (κ2) is 3.02. The molecule has 0 bridgehead atoms. The Kier molecular flexibility index (Phi) is 2.25. The third-order valence-electron chi connectivity index (χ3n) is 0.976. The van der Waals surface area contributed by atoms with Crippen LogP contribution in [0.4, 0.5) is 8.78 Å². The van der Waals surface area contributed by atoms with Gasteiger partial charge in [0.2, 0.25) is 0 Å². The van der Waals surface area contributed by atoms with Gasteiger partial charge in [-0.3, -0.25) is 9.19 Å². The quantitative estimate of drug-likeness (QED) is 0.591. The van der Waals surface area contributed by atoms with E-state index in [1.54, 1.807) is 0 Å². The second-order valence-electron chi connectivity index (χ2n) is 1.67. The van der Waals surface area contributed by atoms with Crippen molar-refractivity contribution in [1.29, 1.82) is 0 Å². The minimum Gasteiger partial charge on any atom is -0.768 e. The van der Waals surface area contributed by atoms with Gasteiger partial charge in [-0.2, -0.15) is 0 Å². The zero-order chi connectivity index (χ0) is 8.43. The van der Waals surface area contributed by atoms with Crippen molar-refractivity contribution in [1.82, 2.24) is 4.98 Å². The smallest absolute Gasteiger partial charge is 0.159 e. The van der Waals surface area contributed by atoms with Crippen LogP contribution in [0.15, 0.2) is 17.3 Å². The summed E-state index contributed by atoms with van der Waals surface area (Å²) in [6, 6.07) is 0. The third-order valence-corrected chi connectivity index (χ3v) is 1.70. The third kappa shape index (κ3) is 1.58. The maximum Gasteiger partial charge on any atom is 0.159 e. The number of rotatable bonds is 1. The molecule has 0 N–H and O–H groups in total. The summed E-state index contributed by atoms with van der Waals surface area (Å²) in [5, 5.41) is 0. The Labute approximate surface area is 63.4 Å². The lowest BCUT2D eigenvalue weighted by Gasteiger charge is -2.05. The monoisotopic (exact) mass is 178 g/mol. The van der Waals surface area contributed by atoms with E-state index in [4.69, 9.17) is 0 Å². The summed E-state index contributed by atoms with van der Waals surface area (Å²) >= 11 is -2.89. The predicted molar refractivity (Wildman–Crippen MR) is 31.3 cm³/mol. The molecule has 1 rings (SSSR count). The average Bonchev–Trinajstić information content (AvgIpc) is 1.85. The van der Waals surface area contributed by atoms with E-state index in [-0.39, 0.29) is 0 Å². The van der Waals surface area contributed by atoms with Gasteiger partial charge in [0.25, 0.3) is 0 Å². The normalized spacial score (nSPS) is 13.0. The molecule has 0 aliphatic carbocycles. The van der Waals surface area contributed by atoms with Gasteiger partial charge < -0.3 is 4.55 Å². The molecule has 1 aromatic heterocycles. The molecule has 11 heavy (non-hydrogen) atoms. The minimum atomic E-state index is -2.89. The van der Waals surface area contributed by atoms with Gasteiger partial charge in [-0.25, -0.2) is 8.78 Å². The van der Waals surface area contributed by atoms with Gasteiger partial charge in [0.05, 0.1) is 17.3 Å². The van der Waals surface area contributed by atoms with Gasteiger partial charge in [0.15, 0.2) is 11.6 Å². The summed E-state index contributed by atoms with van der Waals surface area (Å²) in [6.07, 6.45) is 1.27. The van der Waals surface area contributed by atoms with Crippen molar-refractivity contribution in [2.75, 3.05) is 0 Å². The molecule has 0 aromatic carbocycles. The Morgan fingerprint density at radius 1 is 1.36 bits per heavy atom. The van der Waals surface area contributed by atoms with Gasteiger partial charge >= 0.3 is 0 Å². The van der Waals surface area contributed by atoms with Crippen molar-refractivity contribution in [2.45, 2.75) is 4.90 Å². The molecule has 6 heteroatoms. The first-order chi connectivity index (χ1) is 5.13. The molecule has 0 fully saturated rings. The van der Waals surface area contributed by atoms with Crippen molar-refractivity contribution in [2.24, 2.45) is 0 Å². The lowest BCUT2D eigenvalue weighted by atomic mass is 10.5. The highest BCUT2D eigenvalue weighted by Crippen LogP contribution is 2.12. The van der Waals surface area contributed by atoms with Gasteiger partial charge in [0, 0.05) is 0 Å². The molecule has 1 atom stereocenters. The summed E-state index contributed by atoms with van der Waals surface area (Å²) in [5.74, 6) is -2.36. The maximum atomic E-state index is 12.4. The molecule has 1 aromatic rings. The molecule has 1 heterocycles. The van der Waals surface area contributed by atoms with Crippen LogP contribution >= 0.6 is 0 Å². The fourth-order valence-electron chi connectivity index (χ4n) is 0.559. The first kappa shape index (κ1) is 8.22. The largest absolute Gasteiger partial charge is 0.768 e. The molecule has 0 saturated carbocycles. The van der Waals surface area contributed by atoms with Gasteiger partial charge in [-0.15, -0.1) is 0 Å². The molecule has 0 amide bonds. The van der Waals surface area contributed by atoms with Crippen molar-refractivity contribution in [3.8, 4) is 0 Å². The van der Waals surface area contributed by atoms with Crippen LogP contribution in [0.2, 0.25) is 0 Å². The van der Waals surface area contributed by atoms with Crippen LogP contribution < -0.4 is 0 Å². The molecule has 60 valence electrons. The SMILES string of the molecule is O=S([O-])c1c(F)cncc1F. The van der Waals surface area contributed by atoms with Crippen LogP contribution in [0.5, 0.6) is 0 Å². The molecular weight excluding hydrogens is 176 g/mol. The highest BCUT2D eigenvalue weighted by molar-refractivity contribution is 7.79. The molecule has 1 unspecified atom stereocenters. The summed E-state index contributed by atoms with van der Waals surface area (Å²) < 4.78 is 45.1. The van der Waals surface area contributed by atoms with Crippen molar-refractivity contribution in [3.05, 3.63) is 24.0 Å². The van der Waals surface area contributed by atoms with E-state index < -0.39 is 27.6 Å². The Morgan fingerprint density at radius 2 is 1.82 bits per heavy atom. The topological polar surface area (TPSA) is 53.0 Å². The predicted octanol–water partition coefficient (Wildman–Crippen LogP) is 0.598. The highest BCUT2D eigenvalue weighted by atomic mass is 32.2. The van der Waals surface area contributed by atoms with Crippen LogP contribution in [-0.2, 0) is 11.1 Å². The molecular formula is C5H2F2NO2S-. The maximum absolute atomic E-state index is 12.4. The first-order valence-corrected chi connectivity index (χ1v) is 3.58. The fraction of sp³-hybridized carbons (Fsp3) is 0. The van der Waals surface area contributed by atoms with Crippen LogP contribution in [0.1, 0.15) is 0 Å². The zero-order valence-corrected chi connectivity index (χ0v) is 5.90. The van der Waals surface area contributed by atoms with Crippen LogP contribution in [0.3, 0.4) is 0 Å². The number of nitrogens with zero attached hydrogens (tertiary/aromatic N) is 1. The van der Waals surface area contributed by atoms with Crippen LogP contribution in [0.25, 0.3) is 0 Å². The van der Waals surface area contributed by atoms with E-state index in [1.165, 1.54) is 0 Å². The number of hydrogen-bond acceptors (Lipinski definition) is 3. The summed E-state index contributed by atoms with van der Waals surface area (Å²) in [5.41, 5.74) is 0. The molecule has 3 nitrogen and oxygen atoms in total. The Bertz CT molecular complexity index is 284. The van der Waals surface area contributed by atoms with Crippen molar-refractivity contribution in [3.63, 3.8) is 0 Å². The van der Waals surface area contributed by atoms with E-state index in [0.717, 1.165) is 0 Å². The van der Waals surface area contributed by atoms with E-state index in [2.05, 4.69) is 4.98 Å². The number of hydrogen-bond donors (Lipinski definition) is 0. The molecule has 0 saturated heterocycles. The number of aromatic nitrogens is 1. The number of pyridine rings is 1. The molecule has 0 aliphatic rings. The van der Waals surface area contributed by atoms with E-state index >= 15 is 0 Å². The number of halogens is 2. The summed E-state index contributed by atoms with van der Waals surface area (Å²) in [7, 11) is 0. The Hall–Kier alpha value is -0.880. The lowest BCUT2D eigenvalue weighted by Crippen LogP contribution is -1.98. The van der Waals surface area contributed by atoms with E-state index in [0.29, 0.717) is 12.4 Å². The summed E-state index contributed by atoms with van der Waals surface area (Å²) in [4.78, 5) is 2.13. The van der Waals surface area contributed by atoms with Gasteiger partial charge in [-0.05, 0) is 11.1 Å². The molecule has 0 aliphatic heterocycles. The highest BCUT2D eigenvalue weighted by Gasteiger charge is 2.08. The van der Waals surface area contributed by atoms with Crippen LogP contribution in [0, 0.1) is 11.6 Å². The van der Waals surface area contributed by atoms with E-state index in [1.807, 2.05) is 0 Å². The van der Waals surface area contributed by atoms with Crippen molar-refractivity contribution < 1.29 is 17.5 Å². The molecule has 0 radical (unpaired) electrons. The first-order valence-electron chi connectivity index (χ1n) is 2.51. The standard InChI is InChI=1S/C5H3F2NO2S/c6-3-1-8-2-4(7)5(3)11(9)10/h1-2H,(H,9,10)/p-1. The fourth-order valence-corrected chi connectivity index (χ4v) is 0.983. The van der Waals surface area contributed by atoms with Gasteiger partial charge in [0.1, 0.15) is 0 Å². The lowest BCUT2D eigenvalue weighted by molar-refractivity contribution is 0.490. The Morgan fingerprint density at radius 3 is 2.09 bits per heavy atom. The van der Waals surface area contributed by atoms with Crippen molar-refractivity contribution >= 4 is 11.1 Å². The molecule has 0 spiro atoms. The average molecular weight is 178 g/mol. The minimum absolute atomic E-state index is 0.633. The Balaban J connectivity index is 3.32. The van der Waals surface area contributed by atoms with E-state index in [9.17, 15) is 17.5 Å². The second-order valence-corrected chi connectivity index (χ2v) is 2.54. The summed E-state index contributed by atoms with van der Waals surface area (Å²) in [6.45, 7) is 0. The van der Waals surface area contributed by atoms with Gasteiger partial charge in [-0.1, -0.05) is 0 Å². The van der Waals surface area contributed by atoms with Crippen LogP contribution in [-0.4, -0.2) is 13.7 Å².